The number of nitrogens with one attached hydrogen (secondary N) is 1. The van der Waals surface area contributed by atoms with Gasteiger partial charge in [-0.2, -0.15) is 5.10 Å². The van der Waals surface area contributed by atoms with E-state index in [4.69, 9.17) is 23.2 Å². The first-order valence-corrected chi connectivity index (χ1v) is 8.18. The van der Waals surface area contributed by atoms with Crippen molar-refractivity contribution >= 4 is 40.6 Å². The molecule has 0 aliphatic carbocycles. The second-order valence-electron chi connectivity index (χ2n) is 5.44. The summed E-state index contributed by atoms with van der Waals surface area (Å²) in [5.41, 5.74) is 1.10. The molecule has 1 amide bonds. The Labute approximate surface area is 158 Å². The fraction of sp³-hybridized carbons (Fsp3) is 0.0588. The molecule has 3 aromatic rings. The molecule has 1 aromatic heterocycles. The lowest BCUT2D eigenvalue weighted by Crippen LogP contribution is -2.16. The first-order chi connectivity index (χ1) is 12.3. The maximum absolute atomic E-state index is 12.6. The Kier molecular flexibility index (Phi) is 4.92. The van der Waals surface area contributed by atoms with E-state index < -0.39 is 10.8 Å². The lowest BCUT2D eigenvalue weighted by Gasteiger charge is -2.10. The average Bonchev–Trinajstić information content (AvgIpc) is 2.95. The van der Waals surface area contributed by atoms with E-state index in [0.717, 1.165) is 6.07 Å². The number of nitro groups is 1. The third-order valence-electron chi connectivity index (χ3n) is 3.53. The third kappa shape index (κ3) is 3.68. The van der Waals surface area contributed by atoms with Crippen LogP contribution in [-0.2, 0) is 0 Å². The van der Waals surface area contributed by atoms with Crippen LogP contribution in [0.25, 0.3) is 5.69 Å². The van der Waals surface area contributed by atoms with Crippen LogP contribution in [0.2, 0.25) is 10.0 Å². The molecule has 0 saturated heterocycles. The summed E-state index contributed by atoms with van der Waals surface area (Å²) < 4.78 is 1.52. The van der Waals surface area contributed by atoms with Gasteiger partial charge in [-0.25, -0.2) is 4.68 Å². The van der Waals surface area contributed by atoms with Gasteiger partial charge >= 0.3 is 0 Å². The summed E-state index contributed by atoms with van der Waals surface area (Å²) in [6.07, 6.45) is 0. The molecule has 0 aliphatic rings. The van der Waals surface area contributed by atoms with E-state index in [1.165, 1.54) is 16.8 Å². The van der Waals surface area contributed by atoms with Gasteiger partial charge in [-0.15, -0.1) is 0 Å². The Bertz CT molecular complexity index is 1020. The number of carbonyl (C=O) groups is 1. The lowest BCUT2D eigenvalue weighted by atomic mass is 10.2. The standard InChI is InChI=1S/C17H12Cl2N4O3/c1-10-7-16(22(21-10)12-4-2-3-11(18)8-12)20-17(24)14-9-13(23(25)26)5-6-15(14)19/h2-9H,1H3,(H,20,24). The number of hydrogen-bond donors (Lipinski definition) is 1. The van der Waals surface area contributed by atoms with Gasteiger partial charge in [0, 0.05) is 23.2 Å². The van der Waals surface area contributed by atoms with Gasteiger partial charge in [-0.05, 0) is 31.2 Å². The van der Waals surface area contributed by atoms with Crippen LogP contribution in [0.5, 0.6) is 0 Å². The molecule has 0 atom stereocenters. The van der Waals surface area contributed by atoms with Gasteiger partial charge in [0.05, 0.1) is 26.9 Å². The van der Waals surface area contributed by atoms with Crippen molar-refractivity contribution in [1.82, 2.24) is 9.78 Å². The Morgan fingerprint density at radius 1 is 1.19 bits per heavy atom. The molecule has 9 heteroatoms. The molecule has 132 valence electrons. The predicted octanol–water partition coefficient (Wildman–Crippen LogP) is 4.65. The van der Waals surface area contributed by atoms with Crippen LogP contribution < -0.4 is 5.32 Å². The highest BCUT2D eigenvalue weighted by molar-refractivity contribution is 6.34. The van der Waals surface area contributed by atoms with Crippen LogP contribution in [-0.4, -0.2) is 20.6 Å². The number of nitrogens with zero attached hydrogens (tertiary/aromatic N) is 3. The number of aryl methyl sites for hydroxylation is 1. The molecule has 0 bridgehead atoms. The van der Waals surface area contributed by atoms with Crippen LogP contribution in [0, 0.1) is 17.0 Å². The molecule has 0 radical (unpaired) electrons. The number of halogens is 2. The van der Waals surface area contributed by atoms with Gasteiger partial charge in [0.1, 0.15) is 5.82 Å². The van der Waals surface area contributed by atoms with E-state index in [-0.39, 0.29) is 16.3 Å². The number of carbonyl (C=O) groups excluding carboxylic acids is 1. The number of hydrogen-bond acceptors (Lipinski definition) is 4. The number of aromatic nitrogens is 2. The van der Waals surface area contributed by atoms with Crippen molar-refractivity contribution in [1.29, 1.82) is 0 Å². The molecule has 0 fully saturated rings. The summed E-state index contributed by atoms with van der Waals surface area (Å²) in [5, 5.41) is 18.6. The average molecular weight is 391 g/mol. The number of nitro benzene ring substituents is 1. The van der Waals surface area contributed by atoms with Crippen molar-refractivity contribution in [3.63, 3.8) is 0 Å². The molecule has 3 rings (SSSR count). The minimum absolute atomic E-state index is 0.00244. The SMILES string of the molecule is Cc1cc(NC(=O)c2cc([N+](=O)[O-])ccc2Cl)n(-c2cccc(Cl)c2)n1. The quantitative estimate of drug-likeness (QED) is 0.518. The first kappa shape index (κ1) is 17.9. The third-order valence-corrected chi connectivity index (χ3v) is 4.10. The molecule has 26 heavy (non-hydrogen) atoms. The van der Waals surface area contributed by atoms with Crippen LogP contribution in [0.15, 0.2) is 48.5 Å². The van der Waals surface area contributed by atoms with E-state index in [1.54, 1.807) is 37.3 Å². The zero-order chi connectivity index (χ0) is 18.8. The monoisotopic (exact) mass is 390 g/mol. The molecule has 1 heterocycles. The molecule has 2 aromatic carbocycles. The number of benzene rings is 2. The Morgan fingerprint density at radius 3 is 2.65 bits per heavy atom. The van der Waals surface area contributed by atoms with E-state index in [9.17, 15) is 14.9 Å². The van der Waals surface area contributed by atoms with Crippen molar-refractivity contribution in [2.45, 2.75) is 6.92 Å². The summed E-state index contributed by atoms with van der Waals surface area (Å²) in [6.45, 7) is 1.77. The van der Waals surface area contributed by atoms with Crippen molar-refractivity contribution < 1.29 is 9.72 Å². The van der Waals surface area contributed by atoms with E-state index >= 15 is 0 Å². The van der Waals surface area contributed by atoms with Gasteiger partial charge in [-0.1, -0.05) is 29.3 Å². The highest BCUT2D eigenvalue weighted by Crippen LogP contribution is 2.25. The van der Waals surface area contributed by atoms with E-state index in [0.29, 0.717) is 22.2 Å². The maximum Gasteiger partial charge on any atom is 0.270 e. The summed E-state index contributed by atoms with van der Waals surface area (Å²) in [5.74, 6) is -0.195. The van der Waals surface area contributed by atoms with Gasteiger partial charge in [-0.3, -0.25) is 14.9 Å². The van der Waals surface area contributed by atoms with Crippen molar-refractivity contribution in [2.75, 3.05) is 5.32 Å². The Balaban J connectivity index is 1.96. The second-order valence-corrected chi connectivity index (χ2v) is 6.28. The van der Waals surface area contributed by atoms with Crippen molar-refractivity contribution in [3.8, 4) is 5.69 Å². The number of anilines is 1. The second kappa shape index (κ2) is 7.15. The minimum Gasteiger partial charge on any atom is -0.306 e. The van der Waals surface area contributed by atoms with Gasteiger partial charge < -0.3 is 5.32 Å². The Hall–Kier alpha value is -2.90. The number of amides is 1. The minimum atomic E-state index is -0.590. The fourth-order valence-electron chi connectivity index (χ4n) is 2.38. The molecular weight excluding hydrogens is 379 g/mol. The molecule has 0 unspecified atom stereocenters. The van der Waals surface area contributed by atoms with Crippen LogP contribution in [0.4, 0.5) is 11.5 Å². The predicted molar refractivity (Wildman–Crippen MR) is 99.4 cm³/mol. The van der Waals surface area contributed by atoms with Gasteiger partial charge in [0.25, 0.3) is 11.6 Å². The van der Waals surface area contributed by atoms with E-state index in [1.807, 2.05) is 0 Å². The van der Waals surface area contributed by atoms with Crippen LogP contribution in [0.3, 0.4) is 0 Å². The molecule has 7 nitrogen and oxygen atoms in total. The smallest absolute Gasteiger partial charge is 0.270 e. The van der Waals surface area contributed by atoms with E-state index in [2.05, 4.69) is 10.4 Å². The summed E-state index contributed by atoms with van der Waals surface area (Å²) >= 11 is 12.0. The summed E-state index contributed by atoms with van der Waals surface area (Å²) in [7, 11) is 0. The van der Waals surface area contributed by atoms with Gasteiger partial charge in [0.15, 0.2) is 0 Å². The van der Waals surface area contributed by atoms with Crippen LogP contribution in [0.1, 0.15) is 16.1 Å². The maximum atomic E-state index is 12.6. The zero-order valence-corrected chi connectivity index (χ0v) is 15.0. The molecule has 0 saturated carbocycles. The summed E-state index contributed by atoms with van der Waals surface area (Å²) in [4.78, 5) is 22.9. The Morgan fingerprint density at radius 2 is 1.96 bits per heavy atom. The fourth-order valence-corrected chi connectivity index (χ4v) is 2.77. The van der Waals surface area contributed by atoms with Crippen molar-refractivity contribution in [3.05, 3.63) is 79.9 Å². The highest BCUT2D eigenvalue weighted by Gasteiger charge is 2.18. The van der Waals surface area contributed by atoms with Gasteiger partial charge in [0.2, 0.25) is 0 Å². The summed E-state index contributed by atoms with van der Waals surface area (Å²) in [6, 6.07) is 12.3. The lowest BCUT2D eigenvalue weighted by molar-refractivity contribution is -0.384. The molecule has 1 N–H and O–H groups in total. The number of non-ortho nitro benzene ring substituents is 1. The molecular formula is C17H12Cl2N4O3. The topological polar surface area (TPSA) is 90.1 Å². The van der Waals surface area contributed by atoms with Crippen LogP contribution >= 0.6 is 23.2 Å². The zero-order valence-electron chi connectivity index (χ0n) is 13.4. The first-order valence-electron chi connectivity index (χ1n) is 7.43. The largest absolute Gasteiger partial charge is 0.306 e. The normalized spacial score (nSPS) is 10.6. The highest BCUT2D eigenvalue weighted by atomic mass is 35.5. The molecule has 0 spiro atoms. The molecule has 0 aliphatic heterocycles. The van der Waals surface area contributed by atoms with Crippen molar-refractivity contribution in [2.24, 2.45) is 0 Å². The number of rotatable bonds is 4.